The number of anilines is 1. The number of aromatic nitrogens is 4. The lowest BCUT2D eigenvalue weighted by atomic mass is 10.2. The predicted molar refractivity (Wildman–Crippen MR) is 94.9 cm³/mol. The molecule has 0 bridgehead atoms. The van der Waals surface area contributed by atoms with E-state index in [-0.39, 0.29) is 10.8 Å². The second kappa shape index (κ2) is 6.92. The minimum absolute atomic E-state index is 0.0517. The number of aryl methyl sites for hydroxylation is 1. The number of carbonyl (C=O) groups excluding carboxylic acids is 1. The van der Waals surface area contributed by atoms with Crippen LogP contribution in [-0.4, -0.2) is 41.6 Å². The normalized spacial score (nSPS) is 11.2. The molecule has 134 valence electrons. The third-order valence-electron chi connectivity index (χ3n) is 3.65. The third kappa shape index (κ3) is 3.54. The molecule has 0 fully saturated rings. The number of sulfonamides is 1. The molecular weight excluding hydrogens is 356 g/mol. The zero-order valence-corrected chi connectivity index (χ0v) is 14.9. The molecule has 0 aliphatic rings. The SMILES string of the molecule is CNC(=O)c1ccc(S(=O)(=O)Nc2cccc(-c3nnnn3C)c2)cc1. The standard InChI is InChI=1S/C16H16N6O3S/c1-17-16(23)11-6-8-14(9-7-11)26(24,25)19-13-5-3-4-12(10-13)15-18-20-21-22(15)2/h3-10,19H,1-2H3,(H,17,23). The first-order chi connectivity index (χ1) is 12.4. The summed E-state index contributed by atoms with van der Waals surface area (Å²) < 4.78 is 29.1. The van der Waals surface area contributed by atoms with E-state index in [9.17, 15) is 13.2 Å². The fourth-order valence-corrected chi connectivity index (χ4v) is 3.39. The zero-order chi connectivity index (χ0) is 18.7. The summed E-state index contributed by atoms with van der Waals surface area (Å²) in [6.45, 7) is 0. The second-order valence-electron chi connectivity index (χ2n) is 5.42. The van der Waals surface area contributed by atoms with Crippen LogP contribution in [0.1, 0.15) is 10.4 Å². The van der Waals surface area contributed by atoms with Gasteiger partial charge in [0.05, 0.1) is 4.90 Å². The first kappa shape index (κ1) is 17.5. The zero-order valence-electron chi connectivity index (χ0n) is 14.0. The highest BCUT2D eigenvalue weighted by molar-refractivity contribution is 7.92. The summed E-state index contributed by atoms with van der Waals surface area (Å²) >= 11 is 0. The van der Waals surface area contributed by atoms with E-state index in [1.807, 2.05) is 0 Å². The summed E-state index contributed by atoms with van der Waals surface area (Å²) in [7, 11) is -0.596. The molecule has 2 aromatic carbocycles. The maximum atomic E-state index is 12.6. The van der Waals surface area contributed by atoms with Crippen LogP contribution in [0.25, 0.3) is 11.4 Å². The molecule has 3 rings (SSSR count). The molecule has 0 aliphatic carbocycles. The Morgan fingerprint density at radius 3 is 2.46 bits per heavy atom. The van der Waals surface area contributed by atoms with Gasteiger partial charge in [-0.3, -0.25) is 9.52 Å². The van der Waals surface area contributed by atoms with E-state index < -0.39 is 10.0 Å². The van der Waals surface area contributed by atoms with E-state index in [1.165, 1.54) is 36.0 Å². The largest absolute Gasteiger partial charge is 0.355 e. The van der Waals surface area contributed by atoms with Crippen molar-refractivity contribution in [2.24, 2.45) is 7.05 Å². The fourth-order valence-electron chi connectivity index (χ4n) is 2.34. The van der Waals surface area contributed by atoms with Gasteiger partial charge < -0.3 is 5.32 Å². The molecule has 1 amide bonds. The van der Waals surface area contributed by atoms with Gasteiger partial charge >= 0.3 is 0 Å². The molecule has 26 heavy (non-hydrogen) atoms. The minimum Gasteiger partial charge on any atom is -0.355 e. The Balaban J connectivity index is 1.86. The summed E-state index contributed by atoms with van der Waals surface area (Å²) in [5.74, 6) is 0.230. The monoisotopic (exact) mass is 372 g/mol. The molecule has 0 atom stereocenters. The second-order valence-corrected chi connectivity index (χ2v) is 7.10. The Kier molecular flexibility index (Phi) is 4.67. The highest BCUT2D eigenvalue weighted by atomic mass is 32.2. The van der Waals surface area contributed by atoms with E-state index in [0.29, 0.717) is 22.6 Å². The van der Waals surface area contributed by atoms with Crippen LogP contribution in [0.15, 0.2) is 53.4 Å². The Labute approximate surface area is 150 Å². The van der Waals surface area contributed by atoms with Gasteiger partial charge in [0, 0.05) is 30.9 Å². The van der Waals surface area contributed by atoms with Crippen LogP contribution < -0.4 is 10.0 Å². The number of benzene rings is 2. The Hall–Kier alpha value is -3.27. The van der Waals surface area contributed by atoms with Gasteiger partial charge in [0.25, 0.3) is 15.9 Å². The first-order valence-electron chi connectivity index (χ1n) is 7.58. The van der Waals surface area contributed by atoms with Gasteiger partial charge in [0.15, 0.2) is 5.82 Å². The Bertz CT molecular complexity index is 1040. The molecule has 9 nitrogen and oxygen atoms in total. The number of tetrazole rings is 1. The fraction of sp³-hybridized carbons (Fsp3) is 0.125. The molecule has 2 N–H and O–H groups in total. The van der Waals surface area contributed by atoms with Crippen molar-refractivity contribution in [2.45, 2.75) is 4.90 Å². The summed E-state index contributed by atoms with van der Waals surface area (Å²) in [6, 6.07) is 12.4. The van der Waals surface area contributed by atoms with E-state index >= 15 is 0 Å². The number of nitrogens with zero attached hydrogens (tertiary/aromatic N) is 4. The smallest absolute Gasteiger partial charge is 0.261 e. The number of hydrogen-bond donors (Lipinski definition) is 2. The molecule has 3 aromatic rings. The minimum atomic E-state index is -3.80. The molecule has 0 radical (unpaired) electrons. The van der Waals surface area contributed by atoms with Gasteiger partial charge in [-0.05, 0) is 46.8 Å². The molecule has 0 saturated heterocycles. The van der Waals surface area contributed by atoms with Crippen molar-refractivity contribution in [1.29, 1.82) is 0 Å². The number of amides is 1. The van der Waals surface area contributed by atoms with E-state index in [4.69, 9.17) is 0 Å². The molecule has 1 heterocycles. The number of hydrogen-bond acceptors (Lipinski definition) is 6. The molecule has 0 spiro atoms. The quantitative estimate of drug-likeness (QED) is 0.691. The van der Waals surface area contributed by atoms with Crippen molar-refractivity contribution in [3.05, 3.63) is 54.1 Å². The number of carbonyl (C=O) groups is 1. The van der Waals surface area contributed by atoms with Crippen LogP contribution in [0.4, 0.5) is 5.69 Å². The topological polar surface area (TPSA) is 119 Å². The van der Waals surface area contributed by atoms with Crippen LogP contribution in [-0.2, 0) is 17.1 Å². The lowest BCUT2D eigenvalue weighted by Gasteiger charge is -2.10. The molecule has 0 aliphatic heterocycles. The molecule has 1 aromatic heterocycles. The average Bonchev–Trinajstić information content (AvgIpc) is 3.07. The van der Waals surface area contributed by atoms with Gasteiger partial charge in [-0.25, -0.2) is 13.1 Å². The van der Waals surface area contributed by atoms with Gasteiger partial charge in [-0.2, -0.15) is 0 Å². The molecule has 10 heteroatoms. The van der Waals surface area contributed by atoms with Gasteiger partial charge in [0.2, 0.25) is 0 Å². The highest BCUT2D eigenvalue weighted by Gasteiger charge is 2.16. The van der Waals surface area contributed by atoms with E-state index in [2.05, 4.69) is 25.6 Å². The van der Waals surface area contributed by atoms with Crippen molar-refractivity contribution in [3.63, 3.8) is 0 Å². The summed E-state index contributed by atoms with van der Waals surface area (Å²) in [4.78, 5) is 11.6. The van der Waals surface area contributed by atoms with Crippen molar-refractivity contribution in [1.82, 2.24) is 25.5 Å². The molecule has 0 saturated carbocycles. The predicted octanol–water partition coefficient (Wildman–Crippen LogP) is 1.04. The maximum absolute atomic E-state index is 12.6. The van der Waals surface area contributed by atoms with E-state index in [1.54, 1.807) is 31.3 Å². The summed E-state index contributed by atoms with van der Waals surface area (Å²) in [5.41, 5.74) is 1.43. The van der Waals surface area contributed by atoms with Crippen LogP contribution in [0.5, 0.6) is 0 Å². The summed E-state index contributed by atoms with van der Waals surface area (Å²) in [5, 5.41) is 13.7. The molecule has 0 unspecified atom stereocenters. The van der Waals surface area contributed by atoms with Crippen LogP contribution in [0.3, 0.4) is 0 Å². The van der Waals surface area contributed by atoms with Gasteiger partial charge in [0.1, 0.15) is 0 Å². The maximum Gasteiger partial charge on any atom is 0.261 e. The van der Waals surface area contributed by atoms with Crippen molar-refractivity contribution in [2.75, 3.05) is 11.8 Å². The Morgan fingerprint density at radius 1 is 1.12 bits per heavy atom. The van der Waals surface area contributed by atoms with Gasteiger partial charge in [-0.1, -0.05) is 12.1 Å². The van der Waals surface area contributed by atoms with Crippen molar-refractivity contribution in [3.8, 4) is 11.4 Å². The molecular formula is C16H16N6O3S. The van der Waals surface area contributed by atoms with E-state index in [0.717, 1.165) is 0 Å². The van der Waals surface area contributed by atoms with Crippen LogP contribution >= 0.6 is 0 Å². The van der Waals surface area contributed by atoms with Gasteiger partial charge in [-0.15, -0.1) is 5.10 Å². The van der Waals surface area contributed by atoms with Crippen LogP contribution in [0, 0.1) is 0 Å². The van der Waals surface area contributed by atoms with Crippen molar-refractivity contribution < 1.29 is 13.2 Å². The number of rotatable bonds is 5. The van der Waals surface area contributed by atoms with Crippen molar-refractivity contribution >= 4 is 21.6 Å². The average molecular weight is 372 g/mol. The Morgan fingerprint density at radius 2 is 1.85 bits per heavy atom. The van der Waals surface area contributed by atoms with Crippen LogP contribution in [0.2, 0.25) is 0 Å². The third-order valence-corrected chi connectivity index (χ3v) is 5.04. The number of nitrogens with one attached hydrogen (secondary N) is 2. The lowest BCUT2D eigenvalue weighted by molar-refractivity contribution is 0.0963. The first-order valence-corrected chi connectivity index (χ1v) is 9.07. The highest BCUT2D eigenvalue weighted by Crippen LogP contribution is 2.22. The summed E-state index contributed by atoms with van der Waals surface area (Å²) in [6.07, 6.45) is 0. The lowest BCUT2D eigenvalue weighted by Crippen LogP contribution is -2.18.